The summed E-state index contributed by atoms with van der Waals surface area (Å²) in [6, 6.07) is 12.4. The minimum atomic E-state index is -0.0229. The van der Waals surface area contributed by atoms with Gasteiger partial charge in [0.2, 0.25) is 0 Å². The number of carbonyl (C=O) groups is 1. The van der Waals surface area contributed by atoms with E-state index in [1.165, 1.54) is 12.0 Å². The van der Waals surface area contributed by atoms with Crippen LogP contribution in [0.3, 0.4) is 0 Å². The average Bonchev–Trinajstić information content (AvgIpc) is 3.30. The Morgan fingerprint density at radius 2 is 1.77 bits per heavy atom. The summed E-state index contributed by atoms with van der Waals surface area (Å²) < 4.78 is 0. The standard InChI is InChI=1S/C18H27N3O/c1-2-19-18(22)21-15-10-8-14(9-11-15)20-17-12-16(17)13-6-4-3-5-7-13/h3-7,14-17,20H,2,8-12H2,1H3,(H2,19,21,22)/t14?,15?,16-,17+/m0/s1. The van der Waals surface area contributed by atoms with Crippen LogP contribution in [0.1, 0.15) is 50.5 Å². The van der Waals surface area contributed by atoms with Crippen LogP contribution in [0, 0.1) is 0 Å². The fourth-order valence-corrected chi connectivity index (χ4v) is 3.55. The normalized spacial score (nSPS) is 30.6. The molecule has 2 aliphatic carbocycles. The number of nitrogens with one attached hydrogen (secondary N) is 3. The predicted molar refractivity (Wildman–Crippen MR) is 89.0 cm³/mol. The van der Waals surface area contributed by atoms with Gasteiger partial charge >= 0.3 is 6.03 Å². The smallest absolute Gasteiger partial charge is 0.314 e. The summed E-state index contributed by atoms with van der Waals surface area (Å²) in [6.45, 7) is 2.63. The molecule has 1 aromatic carbocycles. The molecule has 0 spiro atoms. The molecule has 4 nitrogen and oxygen atoms in total. The summed E-state index contributed by atoms with van der Waals surface area (Å²) in [4.78, 5) is 11.5. The Labute approximate surface area is 133 Å². The van der Waals surface area contributed by atoms with Gasteiger partial charge < -0.3 is 16.0 Å². The zero-order chi connectivity index (χ0) is 15.4. The van der Waals surface area contributed by atoms with Gasteiger partial charge in [0.25, 0.3) is 0 Å². The Bertz CT molecular complexity index is 482. The number of benzene rings is 1. The highest BCUT2D eigenvalue weighted by Gasteiger charge is 2.39. The number of urea groups is 1. The van der Waals surface area contributed by atoms with E-state index >= 15 is 0 Å². The van der Waals surface area contributed by atoms with Crippen molar-refractivity contribution in [3.8, 4) is 0 Å². The first kappa shape index (κ1) is 15.3. The van der Waals surface area contributed by atoms with Crippen LogP contribution in [0.25, 0.3) is 0 Å². The van der Waals surface area contributed by atoms with Crippen molar-refractivity contribution in [1.82, 2.24) is 16.0 Å². The highest BCUT2D eigenvalue weighted by atomic mass is 16.2. The topological polar surface area (TPSA) is 53.2 Å². The molecule has 1 aromatic rings. The van der Waals surface area contributed by atoms with Crippen molar-refractivity contribution >= 4 is 6.03 Å². The van der Waals surface area contributed by atoms with E-state index in [9.17, 15) is 4.79 Å². The van der Waals surface area contributed by atoms with Crippen LogP contribution < -0.4 is 16.0 Å². The van der Waals surface area contributed by atoms with Crippen molar-refractivity contribution in [1.29, 1.82) is 0 Å². The van der Waals surface area contributed by atoms with Crippen molar-refractivity contribution in [2.45, 2.75) is 63.1 Å². The van der Waals surface area contributed by atoms with E-state index in [0.29, 0.717) is 30.6 Å². The maximum absolute atomic E-state index is 11.5. The number of hydrogen-bond donors (Lipinski definition) is 3. The third-order valence-electron chi connectivity index (χ3n) is 4.87. The minimum Gasteiger partial charge on any atom is -0.338 e. The van der Waals surface area contributed by atoms with Gasteiger partial charge in [0.15, 0.2) is 0 Å². The van der Waals surface area contributed by atoms with Gasteiger partial charge in [0, 0.05) is 30.6 Å². The molecule has 2 saturated carbocycles. The largest absolute Gasteiger partial charge is 0.338 e. The molecule has 2 fully saturated rings. The molecule has 2 atom stereocenters. The molecule has 2 aliphatic rings. The van der Waals surface area contributed by atoms with E-state index in [-0.39, 0.29) is 6.03 Å². The Balaban J connectivity index is 1.37. The van der Waals surface area contributed by atoms with E-state index in [0.717, 1.165) is 25.7 Å². The second-order valence-electron chi connectivity index (χ2n) is 6.58. The lowest BCUT2D eigenvalue weighted by Gasteiger charge is -2.30. The van der Waals surface area contributed by atoms with Gasteiger partial charge in [-0.3, -0.25) is 0 Å². The predicted octanol–water partition coefficient (Wildman–Crippen LogP) is 2.76. The monoisotopic (exact) mass is 301 g/mol. The van der Waals surface area contributed by atoms with Crippen molar-refractivity contribution in [2.24, 2.45) is 0 Å². The van der Waals surface area contributed by atoms with Crippen LogP contribution in [0.15, 0.2) is 30.3 Å². The maximum Gasteiger partial charge on any atom is 0.314 e. The van der Waals surface area contributed by atoms with Crippen molar-refractivity contribution in [2.75, 3.05) is 6.54 Å². The first-order valence-corrected chi connectivity index (χ1v) is 8.61. The fourth-order valence-electron chi connectivity index (χ4n) is 3.55. The van der Waals surface area contributed by atoms with Crippen LogP contribution in [0.4, 0.5) is 4.79 Å². The second kappa shape index (κ2) is 7.14. The van der Waals surface area contributed by atoms with E-state index in [2.05, 4.69) is 46.3 Å². The molecule has 4 heteroatoms. The summed E-state index contributed by atoms with van der Waals surface area (Å²) in [6.07, 6.45) is 5.75. The zero-order valence-corrected chi connectivity index (χ0v) is 13.3. The summed E-state index contributed by atoms with van der Waals surface area (Å²) >= 11 is 0. The van der Waals surface area contributed by atoms with Crippen LogP contribution in [-0.4, -0.2) is 30.7 Å². The van der Waals surface area contributed by atoms with Crippen molar-refractivity contribution < 1.29 is 4.79 Å². The molecule has 0 unspecified atom stereocenters. The van der Waals surface area contributed by atoms with Crippen LogP contribution >= 0.6 is 0 Å². The molecule has 0 aliphatic heterocycles. The third-order valence-corrected chi connectivity index (χ3v) is 4.87. The Hall–Kier alpha value is -1.55. The molecule has 0 saturated heterocycles. The van der Waals surface area contributed by atoms with Gasteiger partial charge in [-0.15, -0.1) is 0 Å². The van der Waals surface area contributed by atoms with Gasteiger partial charge in [0.1, 0.15) is 0 Å². The Morgan fingerprint density at radius 1 is 1.09 bits per heavy atom. The lowest BCUT2D eigenvalue weighted by Crippen LogP contribution is -2.46. The molecule has 3 rings (SSSR count). The molecule has 0 aromatic heterocycles. The lowest BCUT2D eigenvalue weighted by molar-refractivity contribution is 0.229. The average molecular weight is 301 g/mol. The summed E-state index contributed by atoms with van der Waals surface area (Å²) in [5, 5.41) is 9.68. The molecule has 22 heavy (non-hydrogen) atoms. The van der Waals surface area contributed by atoms with Gasteiger partial charge in [-0.25, -0.2) is 4.79 Å². The molecule has 0 heterocycles. The van der Waals surface area contributed by atoms with Gasteiger partial charge in [0.05, 0.1) is 0 Å². The van der Waals surface area contributed by atoms with E-state index < -0.39 is 0 Å². The molecule has 120 valence electrons. The Kier molecular flexibility index (Phi) is 4.98. The first-order valence-electron chi connectivity index (χ1n) is 8.61. The van der Waals surface area contributed by atoms with E-state index in [1.54, 1.807) is 0 Å². The maximum atomic E-state index is 11.5. The third kappa shape index (κ3) is 4.01. The first-order chi connectivity index (χ1) is 10.8. The highest BCUT2D eigenvalue weighted by Crippen LogP contribution is 2.41. The SMILES string of the molecule is CCNC(=O)NC1CCC(N[C@@H]2C[C@H]2c2ccccc2)CC1. The number of carbonyl (C=O) groups excluding carboxylic acids is 1. The molecule has 0 bridgehead atoms. The molecular formula is C18H27N3O. The highest BCUT2D eigenvalue weighted by molar-refractivity contribution is 5.74. The van der Waals surface area contributed by atoms with Crippen LogP contribution in [0.5, 0.6) is 0 Å². The number of hydrogen-bond acceptors (Lipinski definition) is 2. The van der Waals surface area contributed by atoms with Crippen molar-refractivity contribution in [3.05, 3.63) is 35.9 Å². The van der Waals surface area contributed by atoms with Gasteiger partial charge in [-0.2, -0.15) is 0 Å². The minimum absolute atomic E-state index is 0.0229. The van der Waals surface area contributed by atoms with Crippen LogP contribution in [-0.2, 0) is 0 Å². The van der Waals surface area contributed by atoms with E-state index in [1.807, 2.05) is 6.92 Å². The van der Waals surface area contributed by atoms with Gasteiger partial charge in [-0.05, 0) is 44.6 Å². The van der Waals surface area contributed by atoms with E-state index in [4.69, 9.17) is 0 Å². The summed E-state index contributed by atoms with van der Waals surface area (Å²) in [7, 11) is 0. The Morgan fingerprint density at radius 3 is 2.45 bits per heavy atom. The second-order valence-corrected chi connectivity index (χ2v) is 6.58. The molecular weight excluding hydrogens is 274 g/mol. The number of amides is 2. The van der Waals surface area contributed by atoms with Crippen LogP contribution in [0.2, 0.25) is 0 Å². The molecule has 2 amide bonds. The summed E-state index contributed by atoms with van der Waals surface area (Å²) in [5.41, 5.74) is 1.46. The van der Waals surface area contributed by atoms with Gasteiger partial charge in [-0.1, -0.05) is 30.3 Å². The quantitative estimate of drug-likeness (QED) is 0.783. The number of rotatable bonds is 5. The zero-order valence-electron chi connectivity index (χ0n) is 13.3. The lowest BCUT2D eigenvalue weighted by atomic mass is 9.91. The fraction of sp³-hybridized carbons (Fsp3) is 0.611. The molecule has 3 N–H and O–H groups in total. The summed E-state index contributed by atoms with van der Waals surface area (Å²) in [5.74, 6) is 0.701. The molecule has 0 radical (unpaired) electrons. The van der Waals surface area contributed by atoms with Crippen molar-refractivity contribution in [3.63, 3.8) is 0 Å².